The van der Waals surface area contributed by atoms with Crippen LogP contribution >= 0.6 is 27.5 Å². The van der Waals surface area contributed by atoms with Crippen molar-refractivity contribution in [3.63, 3.8) is 0 Å². The van der Waals surface area contributed by atoms with Gasteiger partial charge in [-0.3, -0.25) is 9.59 Å². The molecule has 108 valence electrons. The number of carboxylic acids is 1. The van der Waals surface area contributed by atoms with Gasteiger partial charge in [0.15, 0.2) is 0 Å². The zero-order valence-corrected chi connectivity index (χ0v) is 13.2. The molecule has 0 unspecified atom stereocenters. The quantitative estimate of drug-likeness (QED) is 0.848. The van der Waals surface area contributed by atoms with Crippen molar-refractivity contribution in [1.29, 1.82) is 0 Å². The molecule has 1 aromatic carbocycles. The van der Waals surface area contributed by atoms with E-state index in [1.807, 2.05) is 12.1 Å². The highest BCUT2D eigenvalue weighted by molar-refractivity contribution is 9.10. The monoisotopic (exact) mass is 359 g/mol. The molecule has 1 saturated carbocycles. The summed E-state index contributed by atoms with van der Waals surface area (Å²) in [6.45, 7) is -0.208. The minimum absolute atomic E-state index is 0.109. The Hall–Kier alpha value is -1.07. The molecule has 1 aliphatic rings. The van der Waals surface area contributed by atoms with E-state index >= 15 is 0 Å². The molecule has 0 heterocycles. The average molecular weight is 361 g/mol. The van der Waals surface area contributed by atoms with Crippen molar-refractivity contribution in [3.8, 4) is 0 Å². The summed E-state index contributed by atoms with van der Waals surface area (Å²) in [6, 6.07) is 5.55. The summed E-state index contributed by atoms with van der Waals surface area (Å²) in [5, 5.41) is 9.48. The van der Waals surface area contributed by atoms with E-state index in [1.54, 1.807) is 6.07 Å². The third-order valence-electron chi connectivity index (χ3n) is 3.23. The molecule has 1 fully saturated rings. The van der Waals surface area contributed by atoms with Crippen LogP contribution in [0.3, 0.4) is 0 Å². The van der Waals surface area contributed by atoms with Gasteiger partial charge in [-0.1, -0.05) is 27.5 Å². The van der Waals surface area contributed by atoms with Gasteiger partial charge in [-0.25, -0.2) is 0 Å². The molecule has 0 aromatic heterocycles. The standard InChI is InChI=1S/C14H15BrClNO3/c15-12-5-2-10(16)7-9(12)1-6-13(18)17(8-14(19)20)11-3-4-11/h2,5,7,11H,1,3-4,6,8H2,(H,19,20). The van der Waals surface area contributed by atoms with Crippen LogP contribution < -0.4 is 0 Å². The molecule has 4 nitrogen and oxygen atoms in total. The van der Waals surface area contributed by atoms with E-state index in [-0.39, 0.29) is 18.5 Å². The third-order valence-corrected chi connectivity index (χ3v) is 4.24. The first-order valence-corrected chi connectivity index (χ1v) is 7.59. The fraction of sp³-hybridized carbons (Fsp3) is 0.429. The van der Waals surface area contributed by atoms with Gasteiger partial charge < -0.3 is 10.0 Å². The largest absolute Gasteiger partial charge is 0.480 e. The molecule has 0 bridgehead atoms. The molecule has 1 aromatic rings. The maximum atomic E-state index is 12.1. The molecule has 0 spiro atoms. The zero-order valence-electron chi connectivity index (χ0n) is 10.8. The molecule has 0 radical (unpaired) electrons. The van der Waals surface area contributed by atoms with Crippen LogP contribution in [0.25, 0.3) is 0 Å². The third kappa shape index (κ3) is 4.21. The first kappa shape index (κ1) is 15.3. The fourth-order valence-corrected chi connectivity index (χ4v) is 2.71. The van der Waals surface area contributed by atoms with Crippen LogP contribution in [0.15, 0.2) is 22.7 Å². The summed E-state index contributed by atoms with van der Waals surface area (Å²) in [5.41, 5.74) is 0.955. The van der Waals surface area contributed by atoms with E-state index in [0.29, 0.717) is 17.9 Å². The number of aryl methyl sites for hydroxylation is 1. The number of hydrogen-bond acceptors (Lipinski definition) is 2. The highest BCUT2D eigenvalue weighted by Gasteiger charge is 2.33. The van der Waals surface area contributed by atoms with Gasteiger partial charge in [-0.05, 0) is 43.0 Å². The van der Waals surface area contributed by atoms with Crippen molar-refractivity contribution in [2.45, 2.75) is 31.7 Å². The van der Waals surface area contributed by atoms with Gasteiger partial charge >= 0.3 is 5.97 Å². The van der Waals surface area contributed by atoms with Crippen LogP contribution in [0.2, 0.25) is 5.02 Å². The molecule has 1 aliphatic carbocycles. The van der Waals surface area contributed by atoms with Crippen LogP contribution in [-0.4, -0.2) is 34.5 Å². The van der Waals surface area contributed by atoms with Crippen molar-refractivity contribution in [3.05, 3.63) is 33.3 Å². The van der Waals surface area contributed by atoms with E-state index in [4.69, 9.17) is 16.7 Å². The average Bonchev–Trinajstić information content (AvgIpc) is 3.20. The van der Waals surface area contributed by atoms with Crippen LogP contribution in [0.5, 0.6) is 0 Å². The van der Waals surface area contributed by atoms with E-state index in [1.165, 1.54) is 4.90 Å². The van der Waals surface area contributed by atoms with Gasteiger partial charge in [-0.15, -0.1) is 0 Å². The highest BCUT2D eigenvalue weighted by atomic mass is 79.9. The van der Waals surface area contributed by atoms with Crippen molar-refractivity contribution in [2.75, 3.05) is 6.54 Å². The number of carboxylic acid groups (broad SMARTS) is 1. The molecule has 1 N–H and O–H groups in total. The number of amides is 1. The summed E-state index contributed by atoms with van der Waals surface area (Å²) in [5.74, 6) is -1.07. The van der Waals surface area contributed by atoms with E-state index in [2.05, 4.69) is 15.9 Å². The van der Waals surface area contributed by atoms with Crippen molar-refractivity contribution in [1.82, 2.24) is 4.90 Å². The predicted octanol–water partition coefficient (Wildman–Crippen LogP) is 3.11. The van der Waals surface area contributed by atoms with Gasteiger partial charge in [0.05, 0.1) is 0 Å². The molecular weight excluding hydrogens is 346 g/mol. The Bertz CT molecular complexity index is 531. The lowest BCUT2D eigenvalue weighted by molar-refractivity contribution is -0.144. The minimum Gasteiger partial charge on any atom is -0.480 e. The topological polar surface area (TPSA) is 57.6 Å². The molecule has 0 aliphatic heterocycles. The predicted molar refractivity (Wildman–Crippen MR) is 79.8 cm³/mol. The lowest BCUT2D eigenvalue weighted by Gasteiger charge is -2.20. The molecule has 0 saturated heterocycles. The normalized spacial score (nSPS) is 14.1. The Labute approximate surface area is 130 Å². The zero-order chi connectivity index (χ0) is 14.7. The highest BCUT2D eigenvalue weighted by Crippen LogP contribution is 2.28. The number of aliphatic carboxylic acids is 1. The van der Waals surface area contributed by atoms with Crippen molar-refractivity contribution in [2.24, 2.45) is 0 Å². The number of halogens is 2. The number of nitrogens with zero attached hydrogens (tertiary/aromatic N) is 1. The Morgan fingerprint density at radius 1 is 1.40 bits per heavy atom. The van der Waals surface area contributed by atoms with E-state index in [9.17, 15) is 9.59 Å². The molecule has 0 atom stereocenters. The van der Waals surface area contributed by atoms with E-state index in [0.717, 1.165) is 22.9 Å². The lowest BCUT2D eigenvalue weighted by Crippen LogP contribution is -2.37. The van der Waals surface area contributed by atoms with Crippen LogP contribution in [0, 0.1) is 0 Å². The Morgan fingerprint density at radius 3 is 2.70 bits per heavy atom. The maximum Gasteiger partial charge on any atom is 0.323 e. The van der Waals surface area contributed by atoms with Crippen molar-refractivity contribution < 1.29 is 14.7 Å². The maximum absolute atomic E-state index is 12.1. The molecule has 1 amide bonds. The SMILES string of the molecule is O=C(O)CN(C(=O)CCc1cc(Cl)ccc1Br)C1CC1. The van der Waals surface area contributed by atoms with Gasteiger partial charge in [0.1, 0.15) is 6.54 Å². The van der Waals surface area contributed by atoms with Crippen molar-refractivity contribution >= 4 is 39.4 Å². The van der Waals surface area contributed by atoms with Crippen LogP contribution in [0.4, 0.5) is 0 Å². The van der Waals surface area contributed by atoms with Gasteiger partial charge in [0, 0.05) is 22.0 Å². The molecule has 6 heteroatoms. The first-order valence-electron chi connectivity index (χ1n) is 6.42. The molecule has 20 heavy (non-hydrogen) atoms. The van der Waals surface area contributed by atoms with Gasteiger partial charge in [0.2, 0.25) is 5.91 Å². The number of carbonyl (C=O) groups is 2. The smallest absolute Gasteiger partial charge is 0.323 e. The second-order valence-corrected chi connectivity index (χ2v) is 6.17. The number of carbonyl (C=O) groups excluding carboxylic acids is 1. The van der Waals surface area contributed by atoms with Crippen LogP contribution in [0.1, 0.15) is 24.8 Å². The summed E-state index contributed by atoms with van der Waals surface area (Å²) in [4.78, 5) is 24.4. The van der Waals surface area contributed by atoms with Gasteiger partial charge in [-0.2, -0.15) is 0 Å². The molecular formula is C14H15BrClNO3. The summed E-state index contributed by atoms with van der Waals surface area (Å²) in [7, 11) is 0. The van der Waals surface area contributed by atoms with E-state index < -0.39 is 5.97 Å². The second-order valence-electron chi connectivity index (χ2n) is 4.88. The number of benzene rings is 1. The second kappa shape index (κ2) is 6.59. The van der Waals surface area contributed by atoms with Crippen LogP contribution in [-0.2, 0) is 16.0 Å². The summed E-state index contributed by atoms with van der Waals surface area (Å²) in [6.07, 6.45) is 2.64. The Morgan fingerprint density at radius 2 is 2.10 bits per heavy atom. The number of hydrogen-bond donors (Lipinski definition) is 1. The Kier molecular flexibility index (Phi) is 5.05. The Balaban J connectivity index is 1.96. The number of rotatable bonds is 6. The van der Waals surface area contributed by atoms with Gasteiger partial charge in [0.25, 0.3) is 0 Å². The lowest BCUT2D eigenvalue weighted by atomic mass is 10.1. The first-order chi connectivity index (χ1) is 9.47. The summed E-state index contributed by atoms with van der Waals surface area (Å²) >= 11 is 9.35. The molecule has 2 rings (SSSR count). The fourth-order valence-electron chi connectivity index (χ4n) is 2.07. The summed E-state index contributed by atoms with van der Waals surface area (Å²) < 4.78 is 0.908. The minimum atomic E-state index is -0.964.